The number of rotatable bonds is 0. The molecule has 0 bridgehead atoms. The Bertz CT molecular complexity index is 12.3. The van der Waals surface area contributed by atoms with Gasteiger partial charge in [-0.1, -0.05) is 0 Å². The van der Waals surface area contributed by atoms with E-state index in [1.807, 2.05) is 0 Å². The average molecular weight is 374 g/mol. The van der Waals surface area contributed by atoms with Crippen molar-refractivity contribution in [3.8, 4) is 0 Å². The molecule has 60 valence electrons. The molecule has 9 nitrogen and oxygen atoms in total. The van der Waals surface area contributed by atoms with E-state index in [1.54, 1.807) is 15.1 Å². The van der Waals surface area contributed by atoms with Crippen molar-refractivity contribution < 1.29 is 46.7 Å². The van der Waals surface area contributed by atoms with Gasteiger partial charge in [0.15, 0.2) is 0 Å². The third-order valence-electron chi connectivity index (χ3n) is 0. The van der Waals surface area contributed by atoms with Gasteiger partial charge in [-0.25, -0.2) is 0 Å². The molecule has 0 saturated heterocycles. The van der Waals surface area contributed by atoms with Crippen molar-refractivity contribution >= 4 is 51.7 Å². The Morgan fingerprint density at radius 1 is 0.455 bits per heavy atom. The van der Waals surface area contributed by atoms with E-state index in [1.165, 1.54) is 0 Å². The third-order valence-corrected chi connectivity index (χ3v) is 0. The van der Waals surface area contributed by atoms with Gasteiger partial charge in [-0.15, -0.1) is 0 Å². The minimum Gasteiger partial charge on any atom is -0.734 e. The van der Waals surface area contributed by atoms with Crippen LogP contribution in [-0.4, -0.2) is 51.7 Å². The van der Waals surface area contributed by atoms with Gasteiger partial charge in [0.05, 0.1) is 0 Å². The van der Waals surface area contributed by atoms with Crippen LogP contribution >= 0.6 is 0 Å². The molecule has 0 rings (SSSR count). The summed E-state index contributed by atoms with van der Waals surface area (Å²) in [5.74, 6) is 0. The van der Waals surface area contributed by atoms with Crippen molar-refractivity contribution in [1.82, 2.24) is 0 Å². The Morgan fingerprint density at radius 3 is 0.455 bits per heavy atom. The van der Waals surface area contributed by atoms with E-state index in [4.69, 9.17) is 31.5 Å². The van der Waals surface area contributed by atoms with Gasteiger partial charge >= 0.3 is 51.7 Å². The first-order valence-electron chi connectivity index (χ1n) is 1.00. The van der Waals surface area contributed by atoms with Gasteiger partial charge in [0.1, 0.15) is 0 Å². The van der Waals surface area contributed by atoms with Crippen molar-refractivity contribution in [2.75, 3.05) is 0 Å². The van der Waals surface area contributed by atoms with E-state index in [2.05, 4.69) is 0 Å². The first kappa shape index (κ1) is 29.4. The molecular weight excluding hydrogens is 374 g/mol. The Labute approximate surface area is 97.9 Å². The summed E-state index contributed by atoms with van der Waals surface area (Å²) in [5.41, 5.74) is 0. The van der Waals surface area contributed by atoms with Crippen molar-refractivity contribution in [1.29, 1.82) is 0 Å². The fourth-order valence-electron chi connectivity index (χ4n) is 0. The maximum atomic E-state index is 7.88. The summed E-state index contributed by atoms with van der Waals surface area (Å²) in [7, 11) is 0. The second-order valence-corrected chi connectivity index (χ2v) is 0.204. The van der Waals surface area contributed by atoms with E-state index in [-0.39, 0.29) is 51.7 Å². The minimum absolute atomic E-state index is 0. The molecule has 0 aliphatic rings. The zero-order valence-corrected chi connectivity index (χ0v) is 11.4. The van der Waals surface area contributed by atoms with Gasteiger partial charge < -0.3 is 46.7 Å². The molecule has 0 heterocycles. The zero-order chi connectivity index (χ0) is 8.12. The van der Waals surface area contributed by atoms with Crippen LogP contribution in [0.3, 0.4) is 0 Å². The number of hydrogen-bond acceptors (Lipinski definition) is 9. The summed E-state index contributed by atoms with van der Waals surface area (Å²) in [6.45, 7) is 0. The Balaban J connectivity index is -0.0000000150. The maximum Gasteiger partial charge on any atom is 3.00 e. The molecule has 0 aliphatic heterocycles. The van der Waals surface area contributed by atoms with Crippen molar-refractivity contribution in [3.05, 3.63) is 0 Å². The van der Waals surface area contributed by atoms with Crippen LogP contribution in [0.25, 0.3) is 0 Å². The molecule has 0 aromatic rings. The molecule has 0 N–H and O–H groups in total. The van der Waals surface area contributed by atoms with Gasteiger partial charge in [0, 0.05) is 0 Å². The SMILES string of the molecule is [In+3].[In+3].[O-]O[O-].[O-]O[O-].[O-]O[O-]. The molecule has 11 heteroatoms. The normalized spacial score (nSPS) is 4.91. The Hall–Kier alpha value is 1.38. The van der Waals surface area contributed by atoms with Gasteiger partial charge in [0.2, 0.25) is 0 Å². The quantitative estimate of drug-likeness (QED) is 0.296. The predicted molar refractivity (Wildman–Crippen MR) is 14.8 cm³/mol. The van der Waals surface area contributed by atoms with Gasteiger partial charge in [0.25, 0.3) is 0 Å². The van der Waals surface area contributed by atoms with E-state index in [0.717, 1.165) is 0 Å². The van der Waals surface area contributed by atoms with Gasteiger partial charge in [-0.05, 0) is 0 Å². The largest absolute Gasteiger partial charge is 3.00 e. The average Bonchev–Trinajstić information content (AvgIpc) is 1.70. The standard InChI is InChI=1S/2In.3H2O3/c;;3*1-3-2/h;;3*1-2H/q2*+3;;;/p-6. The molecule has 0 spiro atoms. The monoisotopic (exact) mass is 374 g/mol. The van der Waals surface area contributed by atoms with Crippen LogP contribution in [0.5, 0.6) is 0 Å². The topological polar surface area (TPSA) is 166 Å². The second kappa shape index (κ2) is 63.9. The molecule has 0 aliphatic carbocycles. The summed E-state index contributed by atoms with van der Waals surface area (Å²) >= 11 is 0. The molecule has 0 radical (unpaired) electrons. The van der Waals surface area contributed by atoms with Crippen molar-refractivity contribution in [2.24, 2.45) is 0 Å². The van der Waals surface area contributed by atoms with Crippen molar-refractivity contribution in [2.45, 2.75) is 0 Å². The zero-order valence-electron chi connectivity index (χ0n) is 4.83. The first-order chi connectivity index (χ1) is 4.24. The summed E-state index contributed by atoms with van der Waals surface area (Å²) in [6.07, 6.45) is 0. The fourth-order valence-corrected chi connectivity index (χ4v) is 0. The molecule has 0 fully saturated rings. The molecule has 0 aromatic carbocycles. The van der Waals surface area contributed by atoms with Crippen LogP contribution < -0.4 is 31.5 Å². The third kappa shape index (κ3) is 526. The molecule has 0 aromatic heterocycles. The van der Waals surface area contributed by atoms with Gasteiger partial charge in [-0.3, -0.25) is 0 Å². The van der Waals surface area contributed by atoms with E-state index in [0.29, 0.717) is 0 Å². The van der Waals surface area contributed by atoms with Crippen LogP contribution in [0, 0.1) is 0 Å². The Kier molecular flexibility index (Phi) is 171. The molecule has 0 unspecified atom stereocenters. The fraction of sp³-hybridized carbons (Fsp3) is 0. The van der Waals surface area contributed by atoms with Crippen LogP contribution in [0.1, 0.15) is 0 Å². The van der Waals surface area contributed by atoms with E-state index < -0.39 is 0 Å². The van der Waals surface area contributed by atoms with Crippen LogP contribution in [0.2, 0.25) is 0 Å². The molecule has 0 saturated carbocycles. The molecule has 0 amide bonds. The summed E-state index contributed by atoms with van der Waals surface area (Å²) in [5, 5.41) is 52.5. The van der Waals surface area contributed by atoms with Crippen LogP contribution in [0.15, 0.2) is 0 Å². The first-order valence-corrected chi connectivity index (χ1v) is 1.00. The second-order valence-electron chi connectivity index (χ2n) is 0.204. The van der Waals surface area contributed by atoms with Gasteiger partial charge in [-0.2, -0.15) is 0 Å². The molecular formula is In2O9. The Morgan fingerprint density at radius 2 is 0.455 bits per heavy atom. The summed E-state index contributed by atoms with van der Waals surface area (Å²) in [6, 6.07) is 0. The molecule has 11 heavy (non-hydrogen) atoms. The minimum atomic E-state index is 0. The maximum absolute atomic E-state index is 7.88. The summed E-state index contributed by atoms with van der Waals surface area (Å²) in [4.78, 5) is 0. The van der Waals surface area contributed by atoms with E-state index in [9.17, 15) is 0 Å². The van der Waals surface area contributed by atoms with E-state index >= 15 is 0 Å². The van der Waals surface area contributed by atoms with Crippen LogP contribution in [-0.2, 0) is 15.1 Å². The predicted octanol–water partition coefficient (Wildman–Crippen LogP) is -8.10. The molecule has 0 atom stereocenters. The summed E-state index contributed by atoms with van der Waals surface area (Å²) < 4.78 is 0. The van der Waals surface area contributed by atoms with Crippen molar-refractivity contribution in [3.63, 3.8) is 0 Å². The van der Waals surface area contributed by atoms with Crippen LogP contribution in [0.4, 0.5) is 0 Å². The smallest absolute Gasteiger partial charge is 0.734 e. The number of hydrogen-bond donors (Lipinski definition) is 0.